The second kappa shape index (κ2) is 11.3. The van der Waals surface area contributed by atoms with Crippen molar-refractivity contribution in [1.29, 1.82) is 0 Å². The Balaban J connectivity index is 1.19. The van der Waals surface area contributed by atoms with E-state index < -0.39 is 0 Å². The Kier molecular flexibility index (Phi) is 7.64. The first-order valence-corrected chi connectivity index (χ1v) is 13.8. The van der Waals surface area contributed by atoms with Gasteiger partial charge in [0.25, 0.3) is 5.91 Å². The minimum absolute atomic E-state index is 0.0454. The highest BCUT2D eigenvalue weighted by atomic mass is 32.1. The number of carbonyl (C=O) groups is 2. The van der Waals surface area contributed by atoms with E-state index in [4.69, 9.17) is 0 Å². The molecule has 4 aromatic rings. The number of aromatic nitrogens is 4. The maximum Gasteiger partial charge on any atom is 0.275 e. The lowest BCUT2D eigenvalue weighted by Crippen LogP contribution is -2.41. The first kappa shape index (κ1) is 25.8. The summed E-state index contributed by atoms with van der Waals surface area (Å²) in [5.74, 6) is 0.710. The van der Waals surface area contributed by atoms with Gasteiger partial charge >= 0.3 is 0 Å². The Morgan fingerprint density at radius 1 is 1.11 bits per heavy atom. The van der Waals surface area contributed by atoms with Crippen LogP contribution in [0.1, 0.15) is 58.1 Å². The molecule has 5 rings (SSSR count). The van der Waals surface area contributed by atoms with Crippen molar-refractivity contribution >= 4 is 28.8 Å². The molecule has 1 fully saturated rings. The second-order valence-corrected chi connectivity index (χ2v) is 10.8. The summed E-state index contributed by atoms with van der Waals surface area (Å²) in [4.78, 5) is 37.2. The third kappa shape index (κ3) is 5.67. The van der Waals surface area contributed by atoms with Gasteiger partial charge in [0.1, 0.15) is 5.69 Å². The number of anilines is 1. The number of pyridine rings is 1. The Bertz CT molecular complexity index is 1420. The van der Waals surface area contributed by atoms with Crippen molar-refractivity contribution < 1.29 is 9.59 Å². The molecule has 196 valence electrons. The summed E-state index contributed by atoms with van der Waals surface area (Å²) in [5.41, 5.74) is 3.97. The molecule has 0 bridgehead atoms. The van der Waals surface area contributed by atoms with E-state index in [0.717, 1.165) is 35.7 Å². The van der Waals surface area contributed by atoms with Crippen molar-refractivity contribution in [3.05, 3.63) is 87.8 Å². The van der Waals surface area contributed by atoms with Crippen molar-refractivity contribution in [2.45, 2.75) is 46.0 Å². The molecular weight excluding hydrogens is 496 g/mol. The monoisotopic (exact) mass is 528 g/mol. The number of hydrogen-bond donors (Lipinski definition) is 1. The summed E-state index contributed by atoms with van der Waals surface area (Å²) in [6.45, 7) is 7.31. The van der Waals surface area contributed by atoms with Gasteiger partial charge in [-0.25, -0.2) is 14.6 Å². The third-order valence-corrected chi connectivity index (χ3v) is 7.97. The standard InChI is InChI=1S/C29H32N6O2S/c1-19(16-22-8-5-4-6-9-22)29(37)34-14-11-23(12-15-34)28-32-25(18-38-28)27(36)31-24-10-7-13-30-26(24)35-21(3)17-20(2)33-35/h4-10,13,17-19,23H,11-12,14-16H2,1-3H3,(H,31,36). The molecule has 1 N–H and O–H groups in total. The van der Waals surface area contributed by atoms with Crippen molar-refractivity contribution in [2.24, 2.45) is 5.92 Å². The molecule has 1 atom stereocenters. The van der Waals surface area contributed by atoms with Gasteiger partial charge < -0.3 is 10.2 Å². The van der Waals surface area contributed by atoms with Crippen LogP contribution in [0.5, 0.6) is 0 Å². The highest BCUT2D eigenvalue weighted by Gasteiger charge is 2.28. The molecule has 9 heteroatoms. The van der Waals surface area contributed by atoms with Crippen LogP contribution < -0.4 is 5.32 Å². The summed E-state index contributed by atoms with van der Waals surface area (Å²) in [6, 6.07) is 15.7. The van der Waals surface area contributed by atoms with Crippen LogP contribution in [-0.4, -0.2) is 49.6 Å². The number of nitrogens with one attached hydrogen (secondary N) is 1. The number of rotatable bonds is 7. The number of hydrogen-bond acceptors (Lipinski definition) is 6. The van der Waals surface area contributed by atoms with Crippen LogP contribution >= 0.6 is 11.3 Å². The van der Waals surface area contributed by atoms with Gasteiger partial charge in [0, 0.05) is 42.2 Å². The number of nitrogens with zero attached hydrogens (tertiary/aromatic N) is 5. The zero-order valence-corrected chi connectivity index (χ0v) is 22.7. The molecule has 38 heavy (non-hydrogen) atoms. The Morgan fingerprint density at radius 2 is 1.87 bits per heavy atom. The SMILES string of the molecule is Cc1cc(C)n(-c2ncccc2NC(=O)c2csc(C3CCN(C(=O)C(C)Cc4ccccc4)CC3)n2)n1. The first-order valence-electron chi connectivity index (χ1n) is 13.0. The number of carbonyl (C=O) groups excluding carboxylic acids is 2. The Morgan fingerprint density at radius 3 is 2.58 bits per heavy atom. The number of aryl methyl sites for hydroxylation is 2. The van der Waals surface area contributed by atoms with E-state index in [2.05, 4.69) is 32.5 Å². The molecular formula is C29H32N6O2S. The smallest absolute Gasteiger partial charge is 0.275 e. The first-order chi connectivity index (χ1) is 18.4. The average Bonchev–Trinajstić information content (AvgIpc) is 3.55. The maximum atomic E-state index is 13.1. The lowest BCUT2D eigenvalue weighted by molar-refractivity contribution is -0.136. The van der Waals surface area contributed by atoms with Gasteiger partial charge in [0.2, 0.25) is 5.91 Å². The van der Waals surface area contributed by atoms with Crippen molar-refractivity contribution in [3.63, 3.8) is 0 Å². The second-order valence-electron chi connectivity index (χ2n) is 9.93. The van der Waals surface area contributed by atoms with E-state index in [1.807, 2.05) is 61.4 Å². The molecule has 1 aromatic carbocycles. The van der Waals surface area contributed by atoms with Crippen LogP contribution in [0.2, 0.25) is 0 Å². The van der Waals surface area contributed by atoms with E-state index in [1.54, 1.807) is 16.9 Å². The van der Waals surface area contributed by atoms with Gasteiger partial charge in [0.05, 0.1) is 16.4 Å². The number of likely N-dealkylation sites (tertiary alicyclic amines) is 1. The summed E-state index contributed by atoms with van der Waals surface area (Å²) < 4.78 is 1.73. The van der Waals surface area contributed by atoms with Crippen LogP contribution in [-0.2, 0) is 11.2 Å². The number of amides is 2. The fourth-order valence-electron chi connectivity index (χ4n) is 4.99. The fraction of sp³-hybridized carbons (Fsp3) is 0.345. The number of benzene rings is 1. The molecule has 2 amide bonds. The van der Waals surface area contributed by atoms with E-state index in [1.165, 1.54) is 16.9 Å². The quantitative estimate of drug-likeness (QED) is 0.357. The van der Waals surface area contributed by atoms with Crippen LogP contribution in [0.3, 0.4) is 0 Å². The van der Waals surface area contributed by atoms with E-state index >= 15 is 0 Å². The minimum atomic E-state index is -0.273. The number of thiazole rings is 1. The molecule has 0 aliphatic carbocycles. The summed E-state index contributed by atoms with van der Waals surface area (Å²) >= 11 is 1.51. The lowest BCUT2D eigenvalue weighted by atomic mass is 9.94. The molecule has 0 spiro atoms. The van der Waals surface area contributed by atoms with Crippen molar-refractivity contribution in [2.75, 3.05) is 18.4 Å². The summed E-state index contributed by atoms with van der Waals surface area (Å²) in [6.07, 6.45) is 4.14. The average molecular weight is 529 g/mol. The van der Waals surface area contributed by atoms with E-state index in [9.17, 15) is 9.59 Å². The minimum Gasteiger partial charge on any atom is -0.342 e. The Hall–Kier alpha value is -3.85. The van der Waals surface area contributed by atoms with Gasteiger partial charge in [0.15, 0.2) is 5.82 Å². The zero-order valence-electron chi connectivity index (χ0n) is 21.9. The van der Waals surface area contributed by atoms with Gasteiger partial charge in [-0.15, -0.1) is 11.3 Å². The van der Waals surface area contributed by atoms with Crippen molar-refractivity contribution in [1.82, 2.24) is 24.6 Å². The maximum absolute atomic E-state index is 13.1. The number of piperidine rings is 1. The van der Waals surface area contributed by atoms with Gasteiger partial charge in [-0.2, -0.15) is 5.10 Å². The van der Waals surface area contributed by atoms with Gasteiger partial charge in [-0.05, 0) is 56.9 Å². The van der Waals surface area contributed by atoms with Crippen LogP contribution in [0.4, 0.5) is 5.69 Å². The topological polar surface area (TPSA) is 93.0 Å². The highest BCUT2D eigenvalue weighted by molar-refractivity contribution is 7.10. The van der Waals surface area contributed by atoms with Gasteiger partial charge in [-0.3, -0.25) is 9.59 Å². The van der Waals surface area contributed by atoms with Crippen LogP contribution in [0.25, 0.3) is 5.82 Å². The van der Waals surface area contributed by atoms with Crippen molar-refractivity contribution in [3.8, 4) is 5.82 Å². The molecule has 4 heterocycles. The fourth-order valence-corrected chi connectivity index (χ4v) is 5.96. The summed E-state index contributed by atoms with van der Waals surface area (Å²) in [7, 11) is 0. The predicted octanol–water partition coefficient (Wildman–Crippen LogP) is 5.18. The predicted molar refractivity (Wildman–Crippen MR) is 149 cm³/mol. The molecule has 1 saturated heterocycles. The molecule has 0 radical (unpaired) electrons. The molecule has 1 aliphatic rings. The molecule has 1 aliphatic heterocycles. The van der Waals surface area contributed by atoms with E-state index in [0.29, 0.717) is 30.3 Å². The normalized spacial score (nSPS) is 14.9. The van der Waals surface area contributed by atoms with Crippen LogP contribution in [0.15, 0.2) is 60.1 Å². The highest BCUT2D eigenvalue weighted by Crippen LogP contribution is 2.31. The lowest BCUT2D eigenvalue weighted by Gasteiger charge is -2.33. The Labute approximate surface area is 226 Å². The molecule has 1 unspecified atom stereocenters. The third-order valence-electron chi connectivity index (χ3n) is 6.96. The zero-order chi connectivity index (χ0) is 26.6. The molecule has 3 aromatic heterocycles. The van der Waals surface area contributed by atoms with E-state index in [-0.39, 0.29) is 23.7 Å². The van der Waals surface area contributed by atoms with Gasteiger partial charge in [-0.1, -0.05) is 37.3 Å². The summed E-state index contributed by atoms with van der Waals surface area (Å²) in [5, 5.41) is 10.2. The van der Waals surface area contributed by atoms with Crippen LogP contribution in [0, 0.1) is 19.8 Å². The molecule has 0 saturated carbocycles. The largest absolute Gasteiger partial charge is 0.342 e. The molecule has 8 nitrogen and oxygen atoms in total.